The van der Waals surface area contributed by atoms with Gasteiger partial charge in [0.1, 0.15) is 11.6 Å². The van der Waals surface area contributed by atoms with Gasteiger partial charge in [-0.25, -0.2) is 4.79 Å². The Kier molecular flexibility index (Phi) is 5.35. The van der Waals surface area contributed by atoms with Crippen molar-refractivity contribution in [2.75, 3.05) is 20.3 Å². The van der Waals surface area contributed by atoms with Gasteiger partial charge >= 0.3 is 12.1 Å². The van der Waals surface area contributed by atoms with E-state index in [4.69, 9.17) is 15.2 Å². The molecule has 0 bridgehead atoms. The van der Waals surface area contributed by atoms with Gasteiger partial charge in [0.25, 0.3) is 0 Å². The van der Waals surface area contributed by atoms with Crippen LogP contribution in [0.2, 0.25) is 0 Å². The Hall–Kier alpha value is -1.34. The molecule has 0 aromatic carbocycles. The highest BCUT2D eigenvalue weighted by molar-refractivity contribution is 5.78. The van der Waals surface area contributed by atoms with Crippen molar-refractivity contribution in [1.82, 2.24) is 4.90 Å². The fourth-order valence-electron chi connectivity index (χ4n) is 2.13. The molecule has 0 radical (unpaired) electrons. The van der Waals surface area contributed by atoms with E-state index in [2.05, 4.69) is 4.74 Å². The maximum absolute atomic E-state index is 12.2. The quantitative estimate of drug-likeness (QED) is 0.744. The Morgan fingerprint density at radius 2 is 2.00 bits per heavy atom. The fraction of sp³-hybridized carbons (Fsp3) is 0.846. The third-order valence-electron chi connectivity index (χ3n) is 3.02. The van der Waals surface area contributed by atoms with E-state index in [1.54, 1.807) is 27.7 Å². The number of hydrogen-bond acceptors (Lipinski definition) is 6. The first kappa shape index (κ1) is 16.7. The second-order valence-electron chi connectivity index (χ2n) is 5.79. The molecule has 1 heterocycles. The topological polar surface area (TPSA) is 91.1 Å². The molecule has 0 spiro atoms. The first-order valence-electron chi connectivity index (χ1n) is 6.62. The molecule has 0 aliphatic carbocycles. The molecule has 1 aliphatic rings. The van der Waals surface area contributed by atoms with E-state index in [0.717, 1.165) is 0 Å². The summed E-state index contributed by atoms with van der Waals surface area (Å²) in [6.07, 6.45) is -0.873. The van der Waals surface area contributed by atoms with E-state index >= 15 is 0 Å². The number of esters is 1. The summed E-state index contributed by atoms with van der Waals surface area (Å²) in [5.74, 6) is -0.582. The van der Waals surface area contributed by atoms with Crippen LogP contribution >= 0.6 is 0 Å². The second kappa shape index (κ2) is 6.41. The summed E-state index contributed by atoms with van der Waals surface area (Å²) in [5, 5.41) is 0. The summed E-state index contributed by atoms with van der Waals surface area (Å²) in [6.45, 7) is 7.82. The van der Waals surface area contributed by atoms with Gasteiger partial charge in [0, 0.05) is 6.54 Å². The molecule has 1 saturated heterocycles. The Morgan fingerprint density at radius 3 is 2.50 bits per heavy atom. The highest BCUT2D eigenvalue weighted by Crippen LogP contribution is 2.20. The van der Waals surface area contributed by atoms with E-state index in [1.165, 1.54) is 12.0 Å². The average molecular weight is 288 g/mol. The van der Waals surface area contributed by atoms with Gasteiger partial charge in [0.2, 0.25) is 0 Å². The Morgan fingerprint density at radius 1 is 1.40 bits per heavy atom. The Balaban J connectivity index is 2.90. The summed E-state index contributed by atoms with van der Waals surface area (Å²) in [6, 6.07) is -1.58. The number of nitrogens with zero attached hydrogens (tertiary/aromatic N) is 1. The normalized spacial score (nSPS) is 25.0. The van der Waals surface area contributed by atoms with Crippen LogP contribution in [0.25, 0.3) is 0 Å². The van der Waals surface area contributed by atoms with Crippen molar-refractivity contribution in [1.29, 1.82) is 0 Å². The average Bonchev–Trinajstić information content (AvgIpc) is 2.34. The van der Waals surface area contributed by atoms with Gasteiger partial charge in [0.05, 0.1) is 25.9 Å². The number of methoxy groups -OCH3 is 1. The van der Waals surface area contributed by atoms with Gasteiger partial charge in [-0.2, -0.15) is 0 Å². The smallest absolute Gasteiger partial charge is 0.410 e. The molecule has 3 atom stereocenters. The molecule has 116 valence electrons. The molecule has 2 N–H and O–H groups in total. The molecule has 7 nitrogen and oxygen atoms in total. The summed E-state index contributed by atoms with van der Waals surface area (Å²) in [4.78, 5) is 25.3. The van der Waals surface area contributed by atoms with Crippen molar-refractivity contribution < 1.29 is 23.8 Å². The first-order valence-corrected chi connectivity index (χ1v) is 6.62. The third kappa shape index (κ3) is 4.08. The lowest BCUT2D eigenvalue weighted by Crippen LogP contribution is -2.63. The lowest BCUT2D eigenvalue weighted by atomic mass is 10.0. The summed E-state index contributed by atoms with van der Waals surface area (Å²) >= 11 is 0. The van der Waals surface area contributed by atoms with Crippen LogP contribution in [0, 0.1) is 0 Å². The van der Waals surface area contributed by atoms with Crippen LogP contribution in [0.3, 0.4) is 0 Å². The predicted octanol–water partition coefficient (Wildman–Crippen LogP) is 0.511. The predicted molar refractivity (Wildman–Crippen MR) is 72.1 cm³/mol. The minimum atomic E-state index is -0.970. The first-order chi connectivity index (χ1) is 9.17. The lowest BCUT2D eigenvalue weighted by molar-refractivity contribution is -0.148. The maximum Gasteiger partial charge on any atom is 0.410 e. The van der Waals surface area contributed by atoms with Gasteiger partial charge in [-0.15, -0.1) is 0 Å². The highest BCUT2D eigenvalue weighted by atomic mass is 16.6. The van der Waals surface area contributed by atoms with E-state index in [1.807, 2.05) is 0 Å². The number of nitrogens with two attached hydrogens (primary N) is 1. The number of hydrogen-bond donors (Lipinski definition) is 1. The minimum Gasteiger partial charge on any atom is -0.468 e. The standard InChI is InChI=1S/C13H24N2O5/c1-8-10(9(14)11(16)18-5)15(6-7-19-8)12(17)20-13(2,3)4/h8-10H,6-7,14H2,1-5H3/t8-,9?,10?/m1/s1. The van der Waals surface area contributed by atoms with Crippen molar-refractivity contribution >= 4 is 12.1 Å². The molecular formula is C13H24N2O5. The van der Waals surface area contributed by atoms with E-state index in [0.29, 0.717) is 13.2 Å². The molecule has 1 amide bonds. The largest absolute Gasteiger partial charge is 0.468 e. The van der Waals surface area contributed by atoms with Gasteiger partial charge in [-0.1, -0.05) is 0 Å². The van der Waals surface area contributed by atoms with Crippen molar-refractivity contribution in [3.63, 3.8) is 0 Å². The number of rotatable bonds is 2. The fourth-order valence-corrected chi connectivity index (χ4v) is 2.13. The Labute approximate surface area is 119 Å². The monoisotopic (exact) mass is 288 g/mol. The molecule has 20 heavy (non-hydrogen) atoms. The SMILES string of the molecule is COC(=O)C(N)C1[C@@H](C)OCCN1C(=O)OC(C)(C)C. The lowest BCUT2D eigenvalue weighted by Gasteiger charge is -2.41. The number of carbonyl (C=O) groups is 2. The van der Waals surface area contributed by atoms with Crippen LogP contribution in [0.15, 0.2) is 0 Å². The van der Waals surface area contributed by atoms with Crippen LogP contribution < -0.4 is 5.73 Å². The van der Waals surface area contributed by atoms with Crippen molar-refractivity contribution in [2.24, 2.45) is 5.73 Å². The van der Waals surface area contributed by atoms with Crippen LogP contribution in [-0.2, 0) is 19.0 Å². The van der Waals surface area contributed by atoms with Crippen LogP contribution in [0.4, 0.5) is 4.79 Å². The molecular weight excluding hydrogens is 264 g/mol. The Bertz CT molecular complexity index is 366. The van der Waals surface area contributed by atoms with Crippen molar-refractivity contribution in [3.05, 3.63) is 0 Å². The maximum atomic E-state index is 12.2. The summed E-state index contributed by atoms with van der Waals surface area (Å²) in [7, 11) is 1.26. The molecule has 1 fully saturated rings. The minimum absolute atomic E-state index is 0.328. The van der Waals surface area contributed by atoms with Crippen LogP contribution in [0.5, 0.6) is 0 Å². The zero-order valence-corrected chi connectivity index (χ0v) is 12.7. The summed E-state index contributed by atoms with van der Waals surface area (Å²) in [5.41, 5.74) is 5.27. The van der Waals surface area contributed by atoms with Gasteiger partial charge in [-0.05, 0) is 27.7 Å². The second-order valence-corrected chi connectivity index (χ2v) is 5.79. The van der Waals surface area contributed by atoms with Gasteiger partial charge in [-0.3, -0.25) is 9.69 Å². The van der Waals surface area contributed by atoms with Crippen LogP contribution in [0.1, 0.15) is 27.7 Å². The molecule has 0 saturated carbocycles. The zero-order chi connectivity index (χ0) is 15.5. The molecule has 1 aliphatic heterocycles. The molecule has 1 rings (SSSR count). The number of ether oxygens (including phenoxy) is 3. The van der Waals surface area contributed by atoms with Crippen molar-refractivity contribution in [3.8, 4) is 0 Å². The molecule has 2 unspecified atom stereocenters. The van der Waals surface area contributed by atoms with Crippen molar-refractivity contribution in [2.45, 2.75) is 51.5 Å². The highest BCUT2D eigenvalue weighted by Gasteiger charge is 2.41. The third-order valence-corrected chi connectivity index (χ3v) is 3.02. The number of amides is 1. The van der Waals surface area contributed by atoms with E-state index < -0.39 is 29.7 Å². The van der Waals surface area contributed by atoms with Gasteiger partial charge < -0.3 is 19.9 Å². The van der Waals surface area contributed by atoms with E-state index in [9.17, 15) is 9.59 Å². The van der Waals surface area contributed by atoms with Crippen LogP contribution in [-0.4, -0.2) is 61.0 Å². The van der Waals surface area contributed by atoms with E-state index in [-0.39, 0.29) is 6.10 Å². The van der Waals surface area contributed by atoms with Gasteiger partial charge in [0.15, 0.2) is 0 Å². The number of carbonyl (C=O) groups excluding carboxylic acids is 2. The molecule has 0 aromatic rings. The molecule has 0 aromatic heterocycles. The zero-order valence-electron chi connectivity index (χ0n) is 12.7. The molecule has 7 heteroatoms. The summed E-state index contributed by atoms with van der Waals surface area (Å²) < 4.78 is 15.5. The number of morpholine rings is 1.